The van der Waals surface area contributed by atoms with E-state index in [-0.39, 0.29) is 0 Å². The molecular formula is C9H14N4. The molecule has 0 bridgehead atoms. The van der Waals surface area contributed by atoms with Crippen molar-refractivity contribution in [3.8, 4) is 0 Å². The highest BCUT2D eigenvalue weighted by Crippen LogP contribution is 2.12. The minimum Gasteiger partial charge on any atom is -0.350 e. The normalized spacial score (nSPS) is 23.2. The summed E-state index contributed by atoms with van der Waals surface area (Å²) in [6, 6.07) is 4.44. The smallest absolute Gasteiger partial charge is 0.151 e. The molecule has 1 saturated heterocycles. The van der Waals surface area contributed by atoms with Gasteiger partial charge in [-0.15, -0.1) is 5.10 Å². The molecule has 4 nitrogen and oxygen atoms in total. The van der Waals surface area contributed by atoms with Gasteiger partial charge in [0.05, 0.1) is 0 Å². The van der Waals surface area contributed by atoms with Gasteiger partial charge in [0.15, 0.2) is 5.82 Å². The van der Waals surface area contributed by atoms with Gasteiger partial charge in [0.1, 0.15) is 0 Å². The molecule has 70 valence electrons. The molecule has 0 radical (unpaired) electrons. The Balaban J connectivity index is 2.15. The van der Waals surface area contributed by atoms with Crippen molar-refractivity contribution in [2.45, 2.75) is 13.0 Å². The van der Waals surface area contributed by atoms with Gasteiger partial charge in [-0.1, -0.05) is 0 Å². The Morgan fingerprint density at radius 1 is 1.62 bits per heavy atom. The molecule has 1 aliphatic rings. The van der Waals surface area contributed by atoms with E-state index in [0.717, 1.165) is 25.5 Å². The molecule has 0 saturated carbocycles. The van der Waals surface area contributed by atoms with Gasteiger partial charge in [0.2, 0.25) is 0 Å². The average Bonchev–Trinajstić information content (AvgIpc) is 2.20. The van der Waals surface area contributed by atoms with Crippen LogP contribution in [0.5, 0.6) is 0 Å². The Morgan fingerprint density at radius 3 is 3.23 bits per heavy atom. The Kier molecular flexibility index (Phi) is 2.40. The number of hydrogen-bond donors (Lipinski definition) is 1. The molecule has 2 rings (SSSR count). The number of nitrogens with one attached hydrogen (secondary N) is 1. The molecule has 4 heteroatoms. The van der Waals surface area contributed by atoms with E-state index >= 15 is 0 Å². The second-order valence-electron chi connectivity index (χ2n) is 3.33. The van der Waals surface area contributed by atoms with Crippen LogP contribution in [0.3, 0.4) is 0 Å². The molecule has 0 spiro atoms. The maximum atomic E-state index is 4.10. The van der Waals surface area contributed by atoms with Crippen LogP contribution >= 0.6 is 0 Å². The summed E-state index contributed by atoms with van der Waals surface area (Å²) in [4.78, 5) is 2.28. The van der Waals surface area contributed by atoms with Crippen molar-refractivity contribution >= 4 is 5.82 Å². The summed E-state index contributed by atoms with van der Waals surface area (Å²) in [6.07, 6.45) is 1.70. The van der Waals surface area contributed by atoms with Crippen molar-refractivity contribution in [2.75, 3.05) is 24.5 Å². The van der Waals surface area contributed by atoms with Crippen molar-refractivity contribution in [3.63, 3.8) is 0 Å². The standard InChI is InChI=1S/C9H14N4/c1-8-7-10-5-6-13(8)9-3-2-4-11-12-9/h2-4,8,10H,5-7H2,1H3. The third kappa shape index (κ3) is 1.78. The van der Waals surface area contributed by atoms with E-state index < -0.39 is 0 Å². The second kappa shape index (κ2) is 3.70. The Bertz CT molecular complexity index is 262. The minimum atomic E-state index is 0.505. The lowest BCUT2D eigenvalue weighted by Gasteiger charge is -2.34. The van der Waals surface area contributed by atoms with Crippen molar-refractivity contribution in [2.24, 2.45) is 0 Å². The fourth-order valence-corrected chi connectivity index (χ4v) is 1.63. The maximum Gasteiger partial charge on any atom is 0.151 e. The summed E-state index contributed by atoms with van der Waals surface area (Å²) in [5.41, 5.74) is 0. The lowest BCUT2D eigenvalue weighted by Crippen LogP contribution is -2.50. The molecule has 1 atom stereocenters. The summed E-state index contributed by atoms with van der Waals surface area (Å²) in [5, 5.41) is 11.3. The zero-order chi connectivity index (χ0) is 9.10. The predicted molar refractivity (Wildman–Crippen MR) is 51.7 cm³/mol. The van der Waals surface area contributed by atoms with Crippen molar-refractivity contribution in [1.82, 2.24) is 15.5 Å². The van der Waals surface area contributed by atoms with Gasteiger partial charge < -0.3 is 10.2 Å². The van der Waals surface area contributed by atoms with E-state index in [0.29, 0.717) is 6.04 Å². The molecular weight excluding hydrogens is 164 g/mol. The molecule has 0 aromatic carbocycles. The SMILES string of the molecule is CC1CNCCN1c1cccnn1. The van der Waals surface area contributed by atoms with Crippen LogP contribution in [0.2, 0.25) is 0 Å². The lowest BCUT2D eigenvalue weighted by atomic mass is 10.2. The van der Waals surface area contributed by atoms with Gasteiger partial charge in [0.25, 0.3) is 0 Å². The first-order valence-corrected chi connectivity index (χ1v) is 4.63. The monoisotopic (exact) mass is 178 g/mol. The van der Waals surface area contributed by atoms with Crippen molar-refractivity contribution < 1.29 is 0 Å². The molecule has 13 heavy (non-hydrogen) atoms. The van der Waals surface area contributed by atoms with Gasteiger partial charge in [-0.2, -0.15) is 5.10 Å². The van der Waals surface area contributed by atoms with Gasteiger partial charge >= 0.3 is 0 Å². The summed E-state index contributed by atoms with van der Waals surface area (Å²) in [5.74, 6) is 0.983. The Morgan fingerprint density at radius 2 is 2.54 bits per heavy atom. The van der Waals surface area contributed by atoms with E-state index in [2.05, 4.69) is 27.3 Å². The van der Waals surface area contributed by atoms with Crippen LogP contribution in [0, 0.1) is 0 Å². The molecule has 1 unspecified atom stereocenters. The van der Waals surface area contributed by atoms with Gasteiger partial charge in [-0.3, -0.25) is 0 Å². The van der Waals surface area contributed by atoms with E-state index in [1.54, 1.807) is 6.20 Å². The molecule has 0 amide bonds. The maximum absolute atomic E-state index is 4.10. The van der Waals surface area contributed by atoms with Gasteiger partial charge in [0, 0.05) is 31.9 Å². The molecule has 1 aliphatic heterocycles. The topological polar surface area (TPSA) is 41.0 Å². The van der Waals surface area contributed by atoms with Crippen LogP contribution in [0.4, 0.5) is 5.82 Å². The zero-order valence-corrected chi connectivity index (χ0v) is 7.77. The van der Waals surface area contributed by atoms with Crippen LogP contribution in [0.1, 0.15) is 6.92 Å². The second-order valence-corrected chi connectivity index (χ2v) is 3.33. The third-order valence-electron chi connectivity index (χ3n) is 2.35. The molecule has 0 aliphatic carbocycles. The summed E-state index contributed by atoms with van der Waals surface area (Å²) in [6.45, 7) is 5.26. The molecule has 1 aromatic heterocycles. The highest BCUT2D eigenvalue weighted by molar-refractivity contribution is 5.38. The first-order chi connectivity index (χ1) is 6.38. The van der Waals surface area contributed by atoms with Crippen LogP contribution in [0.25, 0.3) is 0 Å². The lowest BCUT2D eigenvalue weighted by molar-refractivity contribution is 0.495. The van der Waals surface area contributed by atoms with Crippen LogP contribution < -0.4 is 10.2 Å². The molecule has 1 aromatic rings. The highest BCUT2D eigenvalue weighted by Gasteiger charge is 2.18. The molecule has 1 N–H and O–H groups in total. The van der Waals surface area contributed by atoms with Crippen molar-refractivity contribution in [1.29, 1.82) is 0 Å². The van der Waals surface area contributed by atoms with E-state index in [4.69, 9.17) is 0 Å². The third-order valence-corrected chi connectivity index (χ3v) is 2.35. The highest BCUT2D eigenvalue weighted by atomic mass is 15.3. The first kappa shape index (κ1) is 8.44. The fraction of sp³-hybridized carbons (Fsp3) is 0.556. The van der Waals surface area contributed by atoms with Crippen molar-refractivity contribution in [3.05, 3.63) is 18.3 Å². The largest absolute Gasteiger partial charge is 0.350 e. The number of nitrogens with zero attached hydrogens (tertiary/aromatic N) is 3. The summed E-state index contributed by atoms with van der Waals surface area (Å²) < 4.78 is 0. The molecule has 1 fully saturated rings. The van der Waals surface area contributed by atoms with Gasteiger partial charge in [-0.25, -0.2) is 0 Å². The molecule has 2 heterocycles. The quantitative estimate of drug-likeness (QED) is 0.670. The van der Waals surface area contributed by atoms with Crippen LogP contribution in [0.15, 0.2) is 18.3 Å². The number of rotatable bonds is 1. The number of hydrogen-bond acceptors (Lipinski definition) is 4. The first-order valence-electron chi connectivity index (χ1n) is 4.63. The van der Waals surface area contributed by atoms with E-state index in [1.165, 1.54) is 0 Å². The van der Waals surface area contributed by atoms with Crippen LogP contribution in [-0.4, -0.2) is 35.9 Å². The minimum absolute atomic E-state index is 0.505. The van der Waals surface area contributed by atoms with E-state index in [9.17, 15) is 0 Å². The van der Waals surface area contributed by atoms with Crippen LogP contribution in [-0.2, 0) is 0 Å². The number of piperazine rings is 1. The number of aromatic nitrogens is 2. The number of anilines is 1. The summed E-state index contributed by atoms with van der Waals surface area (Å²) >= 11 is 0. The zero-order valence-electron chi connectivity index (χ0n) is 7.77. The average molecular weight is 178 g/mol. The Labute approximate surface area is 78.0 Å². The van der Waals surface area contributed by atoms with E-state index in [1.807, 2.05) is 12.1 Å². The summed E-state index contributed by atoms with van der Waals surface area (Å²) in [7, 11) is 0. The Hall–Kier alpha value is -1.16. The van der Waals surface area contributed by atoms with Gasteiger partial charge in [-0.05, 0) is 19.1 Å². The fourth-order valence-electron chi connectivity index (χ4n) is 1.63. The predicted octanol–water partition coefficient (Wildman–Crippen LogP) is 0.275.